The molecule has 0 bridgehead atoms. The van der Waals surface area contributed by atoms with E-state index in [1.165, 1.54) is 11.8 Å². The smallest absolute Gasteiger partial charge is 0.329 e. The van der Waals surface area contributed by atoms with E-state index in [-0.39, 0.29) is 24.4 Å². The van der Waals surface area contributed by atoms with E-state index in [0.717, 1.165) is 0 Å². The van der Waals surface area contributed by atoms with Gasteiger partial charge in [0.2, 0.25) is 0 Å². The normalized spacial score (nSPS) is 15.1. The first-order valence-electron chi connectivity index (χ1n) is 7.11. The van der Waals surface area contributed by atoms with Crippen LogP contribution in [0, 0.1) is 0 Å². The molecule has 1 aromatic rings. The maximum atomic E-state index is 12.2. The highest BCUT2D eigenvalue weighted by Crippen LogP contribution is 2.34. The Bertz CT molecular complexity index is 623. The molecule has 1 aliphatic heterocycles. The van der Waals surface area contributed by atoms with Gasteiger partial charge in [-0.05, 0) is 45.9 Å². The molecule has 1 heterocycles. The summed E-state index contributed by atoms with van der Waals surface area (Å²) < 4.78 is 10.5. The largest absolute Gasteiger partial charge is 0.482 e. The number of hydrogen-bond donors (Lipinski definition) is 0. The monoisotopic (exact) mass is 305 g/mol. The van der Waals surface area contributed by atoms with Crippen LogP contribution in [0.25, 0.3) is 0 Å². The first kappa shape index (κ1) is 16.0. The summed E-state index contributed by atoms with van der Waals surface area (Å²) >= 11 is 0. The second-order valence-electron chi connectivity index (χ2n) is 5.45. The predicted molar refractivity (Wildman–Crippen MR) is 80.1 cm³/mol. The number of esters is 1. The van der Waals surface area contributed by atoms with Gasteiger partial charge in [0.15, 0.2) is 12.4 Å². The van der Waals surface area contributed by atoms with Crippen LogP contribution in [0.5, 0.6) is 5.75 Å². The Labute approximate surface area is 129 Å². The van der Waals surface area contributed by atoms with Crippen LogP contribution >= 0.6 is 0 Å². The Balaban J connectivity index is 2.40. The summed E-state index contributed by atoms with van der Waals surface area (Å²) in [6.45, 7) is 6.37. The molecule has 0 radical (unpaired) electrons. The van der Waals surface area contributed by atoms with Gasteiger partial charge in [0.05, 0.1) is 11.8 Å². The molecule has 0 N–H and O–H groups in total. The zero-order valence-corrected chi connectivity index (χ0v) is 13.1. The van der Waals surface area contributed by atoms with Crippen LogP contribution < -0.4 is 9.64 Å². The lowest BCUT2D eigenvalue weighted by Gasteiger charge is -2.33. The van der Waals surface area contributed by atoms with E-state index in [1.54, 1.807) is 39.0 Å². The van der Waals surface area contributed by atoms with Crippen molar-refractivity contribution in [2.75, 3.05) is 11.5 Å². The number of ether oxygens (including phenoxy) is 2. The molecule has 2 rings (SSSR count). The number of carbonyl (C=O) groups is 3. The minimum absolute atomic E-state index is 0.127. The van der Waals surface area contributed by atoms with Crippen molar-refractivity contribution >= 4 is 23.3 Å². The predicted octanol–water partition coefficient (Wildman–Crippen LogP) is 1.95. The summed E-state index contributed by atoms with van der Waals surface area (Å²) in [6, 6.07) is 4.03. The lowest BCUT2D eigenvalue weighted by molar-refractivity contribution is -0.149. The van der Waals surface area contributed by atoms with Crippen LogP contribution in [0.1, 0.15) is 38.1 Å². The fraction of sp³-hybridized carbons (Fsp3) is 0.438. The maximum Gasteiger partial charge on any atom is 0.329 e. The highest BCUT2D eigenvalue weighted by molar-refractivity contribution is 6.04. The number of fused-ring (bicyclic) bond motifs is 1. The SMILES string of the molecule is CC(=O)c1ccc2c(c1)N(C(C)C(=O)OC(C)C)C(=O)CO2. The van der Waals surface area contributed by atoms with E-state index in [1.807, 2.05) is 0 Å². The molecule has 0 aliphatic carbocycles. The Kier molecular flexibility index (Phi) is 4.49. The summed E-state index contributed by atoms with van der Waals surface area (Å²) in [6.07, 6.45) is -0.269. The van der Waals surface area contributed by atoms with Gasteiger partial charge in [0.1, 0.15) is 11.8 Å². The van der Waals surface area contributed by atoms with Gasteiger partial charge in [-0.25, -0.2) is 4.79 Å². The van der Waals surface area contributed by atoms with Crippen LogP contribution in [-0.2, 0) is 14.3 Å². The fourth-order valence-corrected chi connectivity index (χ4v) is 2.25. The van der Waals surface area contributed by atoms with Crippen molar-refractivity contribution in [3.63, 3.8) is 0 Å². The molecule has 6 heteroatoms. The van der Waals surface area contributed by atoms with Gasteiger partial charge in [0, 0.05) is 5.56 Å². The molecule has 118 valence electrons. The minimum atomic E-state index is -0.792. The van der Waals surface area contributed by atoms with Crippen molar-refractivity contribution in [3.05, 3.63) is 23.8 Å². The van der Waals surface area contributed by atoms with E-state index in [4.69, 9.17) is 9.47 Å². The minimum Gasteiger partial charge on any atom is -0.482 e. The van der Waals surface area contributed by atoms with E-state index in [2.05, 4.69) is 0 Å². The number of hydrogen-bond acceptors (Lipinski definition) is 5. The quantitative estimate of drug-likeness (QED) is 0.628. The zero-order valence-electron chi connectivity index (χ0n) is 13.1. The van der Waals surface area contributed by atoms with E-state index < -0.39 is 12.0 Å². The van der Waals surface area contributed by atoms with Crippen molar-refractivity contribution in [1.82, 2.24) is 0 Å². The Morgan fingerprint density at radius 3 is 2.55 bits per heavy atom. The van der Waals surface area contributed by atoms with Gasteiger partial charge < -0.3 is 9.47 Å². The second-order valence-corrected chi connectivity index (χ2v) is 5.45. The summed E-state index contributed by atoms with van der Waals surface area (Å²) in [5.74, 6) is -0.502. The van der Waals surface area contributed by atoms with E-state index in [0.29, 0.717) is 17.0 Å². The van der Waals surface area contributed by atoms with Crippen LogP contribution in [0.3, 0.4) is 0 Å². The highest BCUT2D eigenvalue weighted by atomic mass is 16.5. The number of anilines is 1. The summed E-state index contributed by atoms with van der Waals surface area (Å²) in [5, 5.41) is 0. The molecular weight excluding hydrogens is 286 g/mol. The van der Waals surface area contributed by atoms with Crippen LogP contribution in [0.4, 0.5) is 5.69 Å². The summed E-state index contributed by atoms with van der Waals surface area (Å²) in [7, 11) is 0. The number of amides is 1. The van der Waals surface area contributed by atoms with Crippen molar-refractivity contribution in [3.8, 4) is 5.75 Å². The average molecular weight is 305 g/mol. The molecule has 1 aromatic carbocycles. The van der Waals surface area contributed by atoms with Crippen LogP contribution in [-0.4, -0.2) is 36.4 Å². The maximum absolute atomic E-state index is 12.2. The molecule has 1 atom stereocenters. The topological polar surface area (TPSA) is 72.9 Å². The Morgan fingerprint density at radius 2 is 1.95 bits per heavy atom. The van der Waals surface area contributed by atoms with Gasteiger partial charge in [-0.3, -0.25) is 14.5 Å². The molecule has 0 fully saturated rings. The van der Waals surface area contributed by atoms with Crippen molar-refractivity contribution < 1.29 is 23.9 Å². The average Bonchev–Trinajstić information content (AvgIpc) is 2.45. The third kappa shape index (κ3) is 3.10. The Morgan fingerprint density at radius 1 is 1.27 bits per heavy atom. The molecule has 1 unspecified atom stereocenters. The van der Waals surface area contributed by atoms with Gasteiger partial charge in [-0.1, -0.05) is 0 Å². The molecular formula is C16H19NO5. The van der Waals surface area contributed by atoms with Gasteiger partial charge in [0.25, 0.3) is 5.91 Å². The standard InChI is InChI=1S/C16H19NO5/c1-9(2)22-16(20)10(3)17-13-7-12(11(4)18)5-6-14(13)21-8-15(17)19/h5-7,9-10H,8H2,1-4H3. The molecule has 0 aromatic heterocycles. The zero-order chi connectivity index (χ0) is 16.4. The number of benzene rings is 1. The molecule has 6 nitrogen and oxygen atoms in total. The lowest BCUT2D eigenvalue weighted by atomic mass is 10.1. The van der Waals surface area contributed by atoms with Crippen molar-refractivity contribution in [2.45, 2.75) is 39.8 Å². The molecule has 1 aliphatic rings. The lowest BCUT2D eigenvalue weighted by Crippen LogP contribution is -2.49. The van der Waals surface area contributed by atoms with Crippen LogP contribution in [0.2, 0.25) is 0 Å². The van der Waals surface area contributed by atoms with Crippen LogP contribution in [0.15, 0.2) is 18.2 Å². The number of rotatable bonds is 4. The number of Topliss-reactive ketones (excluding diaryl/α,β-unsaturated/α-hetero) is 1. The molecule has 0 spiro atoms. The van der Waals surface area contributed by atoms with Crippen molar-refractivity contribution in [2.24, 2.45) is 0 Å². The summed E-state index contributed by atoms with van der Waals surface area (Å²) in [5.41, 5.74) is 0.864. The van der Waals surface area contributed by atoms with Gasteiger partial charge in [-0.2, -0.15) is 0 Å². The number of ketones is 1. The second kappa shape index (κ2) is 6.17. The summed E-state index contributed by atoms with van der Waals surface area (Å²) in [4.78, 5) is 37.1. The Hall–Kier alpha value is -2.37. The number of carbonyl (C=O) groups excluding carboxylic acids is 3. The van der Waals surface area contributed by atoms with E-state index in [9.17, 15) is 14.4 Å². The van der Waals surface area contributed by atoms with Gasteiger partial charge in [-0.15, -0.1) is 0 Å². The molecule has 0 saturated carbocycles. The van der Waals surface area contributed by atoms with E-state index >= 15 is 0 Å². The molecule has 0 saturated heterocycles. The third-order valence-electron chi connectivity index (χ3n) is 3.33. The highest BCUT2D eigenvalue weighted by Gasteiger charge is 2.34. The van der Waals surface area contributed by atoms with Gasteiger partial charge >= 0.3 is 5.97 Å². The molecule has 1 amide bonds. The van der Waals surface area contributed by atoms with Crippen molar-refractivity contribution in [1.29, 1.82) is 0 Å². The first-order valence-corrected chi connectivity index (χ1v) is 7.11. The first-order chi connectivity index (χ1) is 10.3. The fourth-order valence-electron chi connectivity index (χ4n) is 2.25. The third-order valence-corrected chi connectivity index (χ3v) is 3.33. The molecule has 22 heavy (non-hydrogen) atoms. The number of nitrogens with zero attached hydrogens (tertiary/aromatic N) is 1.